The van der Waals surface area contributed by atoms with Crippen LogP contribution in [0.5, 0.6) is 0 Å². The molecule has 5 heteroatoms. The molecule has 2 N–H and O–H groups in total. The summed E-state index contributed by atoms with van der Waals surface area (Å²) < 4.78 is 0. The number of aromatic nitrogens is 3. The van der Waals surface area contributed by atoms with Gasteiger partial charge in [0, 0.05) is 34.6 Å². The van der Waals surface area contributed by atoms with Crippen LogP contribution in [0.25, 0.3) is 11.1 Å². The Balaban J connectivity index is 2.19. The van der Waals surface area contributed by atoms with Gasteiger partial charge < -0.3 is 5.73 Å². The minimum Gasteiger partial charge on any atom is -0.383 e. The van der Waals surface area contributed by atoms with Crippen LogP contribution in [0.15, 0.2) is 12.4 Å². The first-order chi connectivity index (χ1) is 10.9. The molecule has 118 valence electrons. The average molecular weight is 307 g/mol. The molecule has 1 aliphatic rings. The van der Waals surface area contributed by atoms with Gasteiger partial charge in [-0.2, -0.15) is 5.26 Å². The highest BCUT2D eigenvalue weighted by atomic mass is 14.9. The number of nitrogens with zero attached hydrogens (tertiary/aromatic N) is 4. The molecule has 1 aliphatic carbocycles. The van der Waals surface area contributed by atoms with Crippen LogP contribution in [-0.4, -0.2) is 15.0 Å². The molecule has 3 rings (SSSR count). The number of hydrogen-bond acceptors (Lipinski definition) is 5. The van der Waals surface area contributed by atoms with E-state index >= 15 is 0 Å². The molecule has 2 aromatic rings. The third-order valence-electron chi connectivity index (χ3n) is 4.23. The van der Waals surface area contributed by atoms with Gasteiger partial charge in [0.15, 0.2) is 0 Å². The fourth-order valence-electron chi connectivity index (χ4n) is 3.04. The van der Waals surface area contributed by atoms with Gasteiger partial charge in [-0.15, -0.1) is 0 Å². The Bertz CT molecular complexity index is 779. The number of nitrogen functional groups attached to an aromatic ring is 1. The van der Waals surface area contributed by atoms with E-state index in [1.165, 1.54) is 0 Å². The highest BCUT2D eigenvalue weighted by Crippen LogP contribution is 2.35. The zero-order valence-corrected chi connectivity index (χ0v) is 13.8. The van der Waals surface area contributed by atoms with Crippen molar-refractivity contribution in [2.24, 2.45) is 0 Å². The van der Waals surface area contributed by atoms with Crippen molar-refractivity contribution in [3.05, 3.63) is 35.0 Å². The number of hydrogen-bond donors (Lipinski definition) is 1. The van der Waals surface area contributed by atoms with Gasteiger partial charge >= 0.3 is 0 Å². The summed E-state index contributed by atoms with van der Waals surface area (Å²) in [5, 5.41) is 9.54. The van der Waals surface area contributed by atoms with Crippen LogP contribution in [-0.2, 0) is 18.3 Å². The number of nitriles is 1. The lowest BCUT2D eigenvalue weighted by molar-refractivity contribution is 0.545. The average Bonchev–Trinajstić information content (AvgIpc) is 2.53. The Labute approximate surface area is 136 Å². The summed E-state index contributed by atoms with van der Waals surface area (Å²) in [5.41, 5.74) is 10.2. The van der Waals surface area contributed by atoms with E-state index in [0.717, 1.165) is 53.9 Å². The number of pyridine rings is 1. The number of aryl methyl sites for hydroxylation is 1. The molecule has 0 bridgehead atoms. The highest BCUT2D eigenvalue weighted by molar-refractivity contribution is 5.78. The topological polar surface area (TPSA) is 88.5 Å². The Hall–Kier alpha value is -2.48. The maximum absolute atomic E-state index is 9.54. The second-order valence-electron chi connectivity index (χ2n) is 7.04. The normalized spacial score (nSPS) is 14.2. The van der Waals surface area contributed by atoms with E-state index in [0.29, 0.717) is 11.4 Å². The summed E-state index contributed by atoms with van der Waals surface area (Å²) in [6.45, 7) is 6.24. The fraction of sp³-hybridized carbons (Fsp3) is 0.444. The predicted molar refractivity (Wildman–Crippen MR) is 89.7 cm³/mol. The molecule has 0 aromatic carbocycles. The van der Waals surface area contributed by atoms with Crippen molar-refractivity contribution in [3.63, 3.8) is 0 Å². The van der Waals surface area contributed by atoms with Crippen LogP contribution >= 0.6 is 0 Å². The molecule has 0 amide bonds. The van der Waals surface area contributed by atoms with Gasteiger partial charge in [0.05, 0.1) is 0 Å². The van der Waals surface area contributed by atoms with Crippen LogP contribution in [0.1, 0.15) is 56.3 Å². The van der Waals surface area contributed by atoms with Gasteiger partial charge in [-0.05, 0) is 31.2 Å². The van der Waals surface area contributed by atoms with Crippen molar-refractivity contribution in [2.45, 2.75) is 51.9 Å². The minimum absolute atomic E-state index is 0.104. The number of anilines is 1. The standard InChI is InChI=1S/C18H21N5/c1-18(2,3)17-21-9-11(10-22-17)15-12-6-4-5-7-14(12)23-16(20)13(15)8-19/h9-10H,4-7H2,1-3H3,(H2,20,23). The summed E-state index contributed by atoms with van der Waals surface area (Å²) in [4.78, 5) is 13.4. The van der Waals surface area contributed by atoms with Gasteiger partial charge in [0.2, 0.25) is 0 Å². The van der Waals surface area contributed by atoms with Gasteiger partial charge in [0.1, 0.15) is 23.3 Å². The monoisotopic (exact) mass is 307 g/mol. The Morgan fingerprint density at radius 3 is 2.39 bits per heavy atom. The van der Waals surface area contributed by atoms with Gasteiger partial charge in [-0.1, -0.05) is 20.8 Å². The van der Waals surface area contributed by atoms with E-state index in [-0.39, 0.29) is 5.41 Å². The van der Waals surface area contributed by atoms with E-state index in [1.54, 1.807) is 12.4 Å². The zero-order valence-electron chi connectivity index (χ0n) is 13.8. The second-order valence-corrected chi connectivity index (χ2v) is 7.04. The summed E-state index contributed by atoms with van der Waals surface area (Å²) >= 11 is 0. The third-order valence-corrected chi connectivity index (χ3v) is 4.23. The maximum Gasteiger partial charge on any atom is 0.142 e. The second kappa shape index (κ2) is 5.62. The maximum atomic E-state index is 9.54. The minimum atomic E-state index is -0.104. The summed E-state index contributed by atoms with van der Waals surface area (Å²) in [6.07, 6.45) is 7.67. The van der Waals surface area contributed by atoms with Crippen LogP contribution in [0.2, 0.25) is 0 Å². The largest absolute Gasteiger partial charge is 0.383 e. The molecule has 0 saturated carbocycles. The van der Waals surface area contributed by atoms with Crippen LogP contribution in [0, 0.1) is 11.3 Å². The van der Waals surface area contributed by atoms with Crippen molar-refractivity contribution in [2.75, 3.05) is 5.73 Å². The molecule has 0 fully saturated rings. The lowest BCUT2D eigenvalue weighted by Crippen LogP contribution is -2.16. The lowest BCUT2D eigenvalue weighted by Gasteiger charge is -2.21. The van der Waals surface area contributed by atoms with E-state index in [2.05, 4.69) is 41.8 Å². The molecule has 0 unspecified atom stereocenters. The van der Waals surface area contributed by atoms with E-state index < -0.39 is 0 Å². The highest BCUT2D eigenvalue weighted by Gasteiger charge is 2.23. The molecule has 2 aromatic heterocycles. The Kier molecular flexibility index (Phi) is 3.77. The molecule has 0 aliphatic heterocycles. The van der Waals surface area contributed by atoms with Gasteiger partial charge in [-0.3, -0.25) is 0 Å². The van der Waals surface area contributed by atoms with Gasteiger partial charge in [0.25, 0.3) is 0 Å². The molecule has 0 radical (unpaired) electrons. The first-order valence-electron chi connectivity index (χ1n) is 7.96. The number of fused-ring (bicyclic) bond motifs is 1. The van der Waals surface area contributed by atoms with Crippen molar-refractivity contribution in [1.29, 1.82) is 5.26 Å². The summed E-state index contributed by atoms with van der Waals surface area (Å²) in [7, 11) is 0. The third kappa shape index (κ3) is 2.77. The number of nitrogens with two attached hydrogens (primary N) is 1. The molecule has 23 heavy (non-hydrogen) atoms. The quantitative estimate of drug-likeness (QED) is 0.874. The summed E-state index contributed by atoms with van der Waals surface area (Å²) in [5.74, 6) is 1.10. The smallest absolute Gasteiger partial charge is 0.142 e. The molecular formula is C18H21N5. The molecule has 2 heterocycles. The Morgan fingerprint density at radius 2 is 1.78 bits per heavy atom. The molecule has 0 saturated heterocycles. The molecule has 5 nitrogen and oxygen atoms in total. The van der Waals surface area contributed by atoms with E-state index in [4.69, 9.17) is 5.73 Å². The van der Waals surface area contributed by atoms with Crippen LogP contribution in [0.3, 0.4) is 0 Å². The number of rotatable bonds is 1. The molecule has 0 spiro atoms. The van der Waals surface area contributed by atoms with Crippen molar-refractivity contribution >= 4 is 5.82 Å². The SMILES string of the molecule is CC(C)(C)c1ncc(-c2c(C#N)c(N)nc3c2CCCC3)cn1. The van der Waals surface area contributed by atoms with Crippen molar-refractivity contribution in [1.82, 2.24) is 15.0 Å². The summed E-state index contributed by atoms with van der Waals surface area (Å²) in [6, 6.07) is 2.21. The molecular weight excluding hydrogens is 286 g/mol. The zero-order chi connectivity index (χ0) is 16.6. The fourth-order valence-corrected chi connectivity index (χ4v) is 3.04. The lowest BCUT2D eigenvalue weighted by atomic mass is 9.87. The van der Waals surface area contributed by atoms with E-state index in [1.807, 2.05) is 0 Å². The van der Waals surface area contributed by atoms with Crippen LogP contribution < -0.4 is 5.73 Å². The van der Waals surface area contributed by atoms with Gasteiger partial charge in [-0.25, -0.2) is 15.0 Å². The first kappa shape index (κ1) is 15.4. The van der Waals surface area contributed by atoms with Crippen LogP contribution in [0.4, 0.5) is 5.82 Å². The van der Waals surface area contributed by atoms with E-state index in [9.17, 15) is 5.26 Å². The van der Waals surface area contributed by atoms with Crippen molar-refractivity contribution < 1.29 is 0 Å². The Morgan fingerprint density at radius 1 is 1.13 bits per heavy atom. The molecule has 0 atom stereocenters. The predicted octanol–water partition coefficient (Wildman–Crippen LogP) is 3.17. The first-order valence-corrected chi connectivity index (χ1v) is 7.96. The van der Waals surface area contributed by atoms with Crippen molar-refractivity contribution in [3.8, 4) is 17.2 Å².